The highest BCUT2D eigenvalue weighted by atomic mass is 32.1. The molecule has 0 aliphatic heterocycles. The smallest absolute Gasteiger partial charge is 0.338 e. The number of rotatable bonds is 5. The van der Waals surface area contributed by atoms with Crippen molar-refractivity contribution in [2.45, 2.75) is 26.1 Å². The molecule has 0 aliphatic carbocycles. The van der Waals surface area contributed by atoms with Crippen molar-refractivity contribution in [3.05, 3.63) is 27.8 Å². The number of likely N-dealkylation sites (N-methyl/N-ethyl adjacent to an activating group) is 1. The van der Waals surface area contributed by atoms with Gasteiger partial charge in [-0.2, -0.15) is 18.2 Å². The highest BCUT2D eigenvalue weighted by Gasteiger charge is 2.37. The van der Waals surface area contributed by atoms with E-state index in [9.17, 15) is 13.2 Å². The molecule has 0 atom stereocenters. The number of nitrogens with zero attached hydrogens (tertiary/aromatic N) is 4. The van der Waals surface area contributed by atoms with E-state index in [-0.39, 0.29) is 12.4 Å². The third-order valence-corrected chi connectivity index (χ3v) is 3.69. The molecule has 5 nitrogen and oxygen atoms in total. The largest absolute Gasteiger partial charge is 0.455 e. The van der Waals surface area contributed by atoms with Crippen LogP contribution in [0.2, 0.25) is 0 Å². The minimum absolute atomic E-state index is 0.0409. The molecule has 9 heteroatoms. The fourth-order valence-corrected chi connectivity index (χ4v) is 2.37. The van der Waals surface area contributed by atoms with Crippen molar-refractivity contribution in [2.24, 2.45) is 0 Å². The summed E-state index contributed by atoms with van der Waals surface area (Å²) in [6.07, 6.45) is -3.78. The molecule has 0 aliphatic rings. The fourth-order valence-electron chi connectivity index (χ4n) is 1.60. The summed E-state index contributed by atoms with van der Waals surface area (Å²) < 4.78 is 41.5. The molecule has 0 radical (unpaired) electrons. The lowest BCUT2D eigenvalue weighted by atomic mass is 10.3. The van der Waals surface area contributed by atoms with Crippen molar-refractivity contribution in [1.82, 2.24) is 20.0 Å². The Morgan fingerprint density at radius 1 is 1.40 bits per heavy atom. The van der Waals surface area contributed by atoms with Gasteiger partial charge in [0.15, 0.2) is 0 Å². The maximum absolute atomic E-state index is 12.3. The van der Waals surface area contributed by atoms with Gasteiger partial charge in [-0.15, -0.1) is 11.3 Å². The molecule has 0 N–H and O–H groups in total. The number of hydrogen-bond acceptors (Lipinski definition) is 6. The van der Waals surface area contributed by atoms with Crippen molar-refractivity contribution in [2.75, 3.05) is 13.6 Å². The summed E-state index contributed by atoms with van der Waals surface area (Å²) in [5.74, 6) is -1.28. The Hall–Kier alpha value is -1.48. The van der Waals surface area contributed by atoms with Gasteiger partial charge in [-0.1, -0.05) is 5.16 Å². The van der Waals surface area contributed by atoms with Crippen LogP contribution in [-0.2, 0) is 19.1 Å². The SMILES string of the molecule is Cc1ncsc1CCN(C)Cc1nc(C(F)(F)F)no1. The van der Waals surface area contributed by atoms with Gasteiger partial charge in [-0.05, 0) is 20.4 Å². The predicted octanol–water partition coefficient (Wildman–Crippen LogP) is 2.53. The zero-order valence-electron chi connectivity index (χ0n) is 10.9. The van der Waals surface area contributed by atoms with E-state index in [1.807, 2.05) is 11.8 Å². The Bertz CT molecular complexity index is 566. The van der Waals surface area contributed by atoms with Gasteiger partial charge in [0.2, 0.25) is 5.89 Å². The predicted molar refractivity (Wildman–Crippen MR) is 66.2 cm³/mol. The molecule has 0 fully saturated rings. The van der Waals surface area contributed by atoms with Crippen LogP contribution in [0, 0.1) is 6.92 Å². The molecule has 0 saturated carbocycles. The summed E-state index contributed by atoms with van der Waals surface area (Å²) in [7, 11) is 1.79. The third kappa shape index (κ3) is 3.76. The van der Waals surface area contributed by atoms with Gasteiger partial charge in [0.05, 0.1) is 17.7 Å². The van der Waals surface area contributed by atoms with Crippen molar-refractivity contribution in [3.8, 4) is 0 Å². The van der Waals surface area contributed by atoms with E-state index >= 15 is 0 Å². The highest BCUT2D eigenvalue weighted by molar-refractivity contribution is 7.09. The molecule has 110 valence electrons. The molecule has 0 amide bonds. The molecule has 20 heavy (non-hydrogen) atoms. The molecule has 2 heterocycles. The van der Waals surface area contributed by atoms with Crippen LogP contribution < -0.4 is 0 Å². The van der Waals surface area contributed by atoms with Crippen molar-refractivity contribution in [1.29, 1.82) is 0 Å². The van der Waals surface area contributed by atoms with Crippen LogP contribution >= 0.6 is 11.3 Å². The fraction of sp³-hybridized carbons (Fsp3) is 0.545. The van der Waals surface area contributed by atoms with Crippen LogP contribution in [0.3, 0.4) is 0 Å². The van der Waals surface area contributed by atoms with Crippen LogP contribution in [0.15, 0.2) is 10.0 Å². The van der Waals surface area contributed by atoms with Crippen LogP contribution in [0.25, 0.3) is 0 Å². The zero-order valence-corrected chi connectivity index (χ0v) is 11.8. The zero-order chi connectivity index (χ0) is 14.8. The van der Waals surface area contributed by atoms with E-state index in [1.165, 1.54) is 4.88 Å². The van der Waals surface area contributed by atoms with Gasteiger partial charge in [0.25, 0.3) is 5.82 Å². The molecule has 0 spiro atoms. The Kier molecular flexibility index (Phi) is 4.39. The van der Waals surface area contributed by atoms with Crippen LogP contribution in [0.5, 0.6) is 0 Å². The lowest BCUT2D eigenvalue weighted by Crippen LogP contribution is -2.21. The first kappa shape index (κ1) is 14.9. The summed E-state index contributed by atoms with van der Waals surface area (Å²) in [6.45, 7) is 2.78. The van der Waals surface area contributed by atoms with Crippen LogP contribution in [-0.4, -0.2) is 33.6 Å². The quantitative estimate of drug-likeness (QED) is 0.849. The molecular weight excluding hydrogens is 293 g/mol. The molecule has 0 aromatic carbocycles. The summed E-state index contributed by atoms with van der Waals surface area (Å²) in [6, 6.07) is 0. The lowest BCUT2D eigenvalue weighted by Gasteiger charge is -2.13. The second kappa shape index (κ2) is 5.88. The lowest BCUT2D eigenvalue weighted by molar-refractivity contribution is -0.146. The molecule has 0 saturated heterocycles. The Balaban J connectivity index is 1.87. The van der Waals surface area contributed by atoms with Gasteiger partial charge < -0.3 is 4.52 Å². The van der Waals surface area contributed by atoms with E-state index < -0.39 is 12.0 Å². The maximum atomic E-state index is 12.3. The van der Waals surface area contributed by atoms with Crippen LogP contribution in [0.4, 0.5) is 13.2 Å². The maximum Gasteiger partial charge on any atom is 0.455 e. The van der Waals surface area contributed by atoms with E-state index in [2.05, 4.69) is 19.6 Å². The Morgan fingerprint density at radius 2 is 2.15 bits per heavy atom. The molecule has 0 unspecified atom stereocenters. The number of hydrogen-bond donors (Lipinski definition) is 0. The van der Waals surface area contributed by atoms with E-state index in [1.54, 1.807) is 23.9 Å². The van der Waals surface area contributed by atoms with Gasteiger partial charge in [0, 0.05) is 11.4 Å². The van der Waals surface area contributed by atoms with Gasteiger partial charge in [-0.25, -0.2) is 4.98 Å². The second-order valence-electron chi connectivity index (χ2n) is 4.36. The first-order chi connectivity index (χ1) is 9.36. The molecule has 2 aromatic heterocycles. The van der Waals surface area contributed by atoms with Gasteiger partial charge >= 0.3 is 6.18 Å². The average molecular weight is 306 g/mol. The normalized spacial score (nSPS) is 12.3. The summed E-state index contributed by atoms with van der Waals surface area (Å²) in [5, 5.41) is 2.92. The van der Waals surface area contributed by atoms with Crippen molar-refractivity contribution < 1.29 is 17.7 Å². The second-order valence-corrected chi connectivity index (χ2v) is 5.30. The first-order valence-corrected chi connectivity index (χ1v) is 6.71. The monoisotopic (exact) mass is 306 g/mol. The number of halogens is 3. The minimum Gasteiger partial charge on any atom is -0.338 e. The van der Waals surface area contributed by atoms with Crippen molar-refractivity contribution >= 4 is 11.3 Å². The van der Waals surface area contributed by atoms with Crippen LogP contribution in [0.1, 0.15) is 22.3 Å². The minimum atomic E-state index is -4.57. The number of aryl methyl sites for hydroxylation is 1. The topological polar surface area (TPSA) is 55.1 Å². The van der Waals surface area contributed by atoms with Crippen molar-refractivity contribution in [3.63, 3.8) is 0 Å². The molecular formula is C11H13F3N4OS. The number of thiazole rings is 1. The van der Waals surface area contributed by atoms with E-state index in [0.717, 1.165) is 12.1 Å². The summed E-state index contributed by atoms with van der Waals surface area (Å²) in [4.78, 5) is 10.5. The Morgan fingerprint density at radius 3 is 2.70 bits per heavy atom. The number of alkyl halides is 3. The number of aromatic nitrogens is 3. The molecule has 2 rings (SSSR count). The third-order valence-electron chi connectivity index (χ3n) is 2.69. The van der Waals surface area contributed by atoms with Gasteiger partial charge in [-0.3, -0.25) is 4.90 Å². The standard InChI is InChI=1S/C11H13F3N4OS/c1-7-8(20-6-15-7)3-4-18(2)5-9-16-10(17-19-9)11(12,13)14/h6H,3-5H2,1-2H3. The average Bonchev–Trinajstić information content (AvgIpc) is 2.95. The Labute approximate surface area is 117 Å². The summed E-state index contributed by atoms with van der Waals surface area (Å²) in [5.41, 5.74) is 2.76. The highest BCUT2D eigenvalue weighted by Crippen LogP contribution is 2.26. The van der Waals surface area contributed by atoms with E-state index in [0.29, 0.717) is 6.54 Å². The molecule has 2 aromatic rings. The van der Waals surface area contributed by atoms with E-state index in [4.69, 9.17) is 0 Å². The van der Waals surface area contributed by atoms with Gasteiger partial charge in [0.1, 0.15) is 0 Å². The summed E-state index contributed by atoms with van der Waals surface area (Å²) >= 11 is 1.57. The first-order valence-electron chi connectivity index (χ1n) is 5.83. The molecule has 0 bridgehead atoms.